The number of hydrogen-bond donors (Lipinski definition) is 1. The van der Waals surface area contributed by atoms with Gasteiger partial charge in [-0.2, -0.15) is 0 Å². The van der Waals surface area contributed by atoms with Gasteiger partial charge >= 0.3 is 0 Å². The maximum absolute atomic E-state index is 8.99. The zero-order valence-electron chi connectivity index (χ0n) is 5.66. The van der Waals surface area contributed by atoms with E-state index in [1.54, 1.807) is 24.3 Å². The molecule has 11 heavy (non-hydrogen) atoms. The highest BCUT2D eigenvalue weighted by Crippen LogP contribution is 2.22. The molecule has 0 aliphatic rings. The number of para-hydroxylation sites is 2. The van der Waals surface area contributed by atoms with Crippen molar-refractivity contribution in [3.63, 3.8) is 0 Å². The average molecular weight is 158 g/mol. The molecule has 0 atom stereocenters. The highest BCUT2D eigenvalue weighted by molar-refractivity contribution is 5.37. The first-order valence-electron chi connectivity index (χ1n) is 2.66. The lowest BCUT2D eigenvalue weighted by atomic mass is 10.3. The van der Waals surface area contributed by atoms with E-state index in [2.05, 4.69) is 0 Å². The van der Waals surface area contributed by atoms with Crippen LogP contribution >= 0.6 is 0 Å². The molecule has 0 aromatic heterocycles. The molecule has 3 heteroatoms. The van der Waals surface area contributed by atoms with Crippen LogP contribution in [0.1, 0.15) is 7.43 Å². The Hall–Kier alpha value is -1.22. The normalized spacial score (nSPS) is 7.36. The lowest BCUT2D eigenvalue weighted by Gasteiger charge is -1.99. The molecule has 1 aromatic carbocycles. The molecule has 0 saturated heterocycles. The highest BCUT2D eigenvalue weighted by Gasteiger charge is 1.94. The predicted molar refractivity (Wildman–Crippen MR) is 45.0 cm³/mol. The fourth-order valence-corrected chi connectivity index (χ4v) is 0.630. The second kappa shape index (κ2) is 5.56. The van der Waals surface area contributed by atoms with Gasteiger partial charge in [0.15, 0.2) is 11.5 Å². The van der Waals surface area contributed by atoms with E-state index in [0.717, 1.165) is 0 Å². The third kappa shape index (κ3) is 2.91. The molecule has 0 heterocycles. The summed E-state index contributed by atoms with van der Waals surface area (Å²) in [5.74, 6) is 0.692. The lowest BCUT2D eigenvalue weighted by molar-refractivity contribution is 0.373. The molecule has 0 aliphatic heterocycles. The van der Waals surface area contributed by atoms with Gasteiger partial charge in [-0.25, -0.2) is 0 Å². The van der Waals surface area contributed by atoms with Crippen LogP contribution in [0.25, 0.3) is 0 Å². The van der Waals surface area contributed by atoms with Gasteiger partial charge in [-0.3, -0.25) is 0 Å². The van der Waals surface area contributed by atoms with Crippen molar-refractivity contribution in [1.82, 2.24) is 0 Å². The van der Waals surface area contributed by atoms with Crippen LogP contribution in [0.4, 0.5) is 0 Å². The summed E-state index contributed by atoms with van der Waals surface area (Å²) >= 11 is 0. The molecule has 3 nitrogen and oxygen atoms in total. The van der Waals surface area contributed by atoms with Gasteiger partial charge in [-0.05, 0) is 12.1 Å². The number of ether oxygens (including phenoxy) is 1. The summed E-state index contributed by atoms with van der Waals surface area (Å²) in [5, 5.41) is 8.99. The number of rotatable bonds is 1. The smallest absolute Gasteiger partial charge is 0.160 e. The maximum Gasteiger partial charge on any atom is 0.160 e. The fourth-order valence-electron chi connectivity index (χ4n) is 0.630. The number of phenols is 1. The van der Waals surface area contributed by atoms with Crippen LogP contribution in [0.15, 0.2) is 24.3 Å². The van der Waals surface area contributed by atoms with Crippen LogP contribution < -0.4 is 4.74 Å². The third-order valence-corrected chi connectivity index (χ3v) is 1.09. The Kier molecular flexibility index (Phi) is 6.29. The lowest BCUT2D eigenvalue weighted by Crippen LogP contribution is -1.80. The van der Waals surface area contributed by atoms with Crippen molar-refractivity contribution < 1.29 is 15.3 Å². The van der Waals surface area contributed by atoms with E-state index in [9.17, 15) is 0 Å². The Morgan fingerprint density at radius 1 is 1.27 bits per heavy atom. The molecule has 1 rings (SSSR count). The largest absolute Gasteiger partial charge is 0.504 e. The molecule has 0 unspecified atom stereocenters. The van der Waals surface area contributed by atoms with Crippen LogP contribution in [0, 0.1) is 0 Å². The van der Waals surface area contributed by atoms with Crippen LogP contribution in [-0.2, 0) is 0 Å². The number of benzene rings is 1. The van der Waals surface area contributed by atoms with Gasteiger partial charge in [-0.1, -0.05) is 19.6 Å². The topological polar surface area (TPSA) is 61.0 Å². The predicted octanol–water partition coefficient (Wildman–Crippen LogP) is 1.21. The Bertz CT molecular complexity index is 198. The summed E-state index contributed by atoms with van der Waals surface area (Å²) < 4.78 is 4.79. The van der Waals surface area contributed by atoms with E-state index in [1.807, 2.05) is 0 Å². The monoisotopic (exact) mass is 158 g/mol. The van der Waals surface area contributed by atoms with Crippen molar-refractivity contribution in [3.8, 4) is 11.5 Å². The third-order valence-electron chi connectivity index (χ3n) is 1.09. The molecular weight excluding hydrogens is 144 g/mol. The molecule has 0 spiro atoms. The van der Waals surface area contributed by atoms with Gasteiger partial charge in [0, 0.05) is 0 Å². The summed E-state index contributed by atoms with van der Waals surface area (Å²) in [7, 11) is 1.52. The fraction of sp³-hybridized carbons (Fsp3) is 0.250. The summed E-state index contributed by atoms with van der Waals surface area (Å²) in [6, 6.07) is 6.84. The van der Waals surface area contributed by atoms with Crippen LogP contribution in [0.2, 0.25) is 0 Å². The van der Waals surface area contributed by atoms with Crippen LogP contribution in [0.5, 0.6) is 11.5 Å². The van der Waals surface area contributed by atoms with Gasteiger partial charge in [0.1, 0.15) is 0 Å². The van der Waals surface area contributed by atoms with Crippen LogP contribution in [-0.4, -0.2) is 17.7 Å². The van der Waals surface area contributed by atoms with E-state index < -0.39 is 0 Å². The molecule has 0 fully saturated rings. The number of phenolic OH excluding ortho intramolecular Hbond substituents is 1. The summed E-state index contributed by atoms with van der Waals surface area (Å²) in [6.07, 6.45) is 0. The van der Waals surface area contributed by atoms with Crippen molar-refractivity contribution in [3.05, 3.63) is 24.3 Å². The number of methoxy groups -OCH3 is 1. The second-order valence-electron chi connectivity index (χ2n) is 1.67. The first kappa shape index (κ1) is 12.5. The van der Waals surface area contributed by atoms with Crippen molar-refractivity contribution >= 4 is 0 Å². The van der Waals surface area contributed by atoms with E-state index >= 15 is 0 Å². The van der Waals surface area contributed by atoms with E-state index in [4.69, 9.17) is 9.84 Å². The zero-order chi connectivity index (χ0) is 6.69. The van der Waals surface area contributed by atoms with Crippen molar-refractivity contribution in [2.45, 2.75) is 7.43 Å². The minimum Gasteiger partial charge on any atom is -0.504 e. The minimum atomic E-state index is 0. The highest BCUT2D eigenvalue weighted by atomic mass is 16.5. The Labute approximate surface area is 66.6 Å². The molecule has 1 aromatic rings. The van der Waals surface area contributed by atoms with Crippen molar-refractivity contribution in [2.75, 3.05) is 7.11 Å². The van der Waals surface area contributed by atoms with Crippen molar-refractivity contribution in [1.29, 1.82) is 0 Å². The van der Waals surface area contributed by atoms with Gasteiger partial charge in [0.2, 0.25) is 0 Å². The summed E-state index contributed by atoms with van der Waals surface area (Å²) in [6.45, 7) is 0. The minimum absolute atomic E-state index is 0. The maximum atomic E-state index is 8.99. The van der Waals surface area contributed by atoms with Crippen LogP contribution in [0.3, 0.4) is 0 Å². The molecule has 0 amide bonds. The Morgan fingerprint density at radius 2 is 1.82 bits per heavy atom. The summed E-state index contributed by atoms with van der Waals surface area (Å²) in [4.78, 5) is 0. The standard InChI is InChI=1S/C7H8O2.CH4.H2O/c1-9-7-5-3-2-4-6(7)8;;/h2-5,8H,1H3;1H4;1H2. The Balaban J connectivity index is 0. The van der Waals surface area contributed by atoms with Gasteiger partial charge < -0.3 is 15.3 Å². The Morgan fingerprint density at radius 3 is 2.18 bits per heavy atom. The summed E-state index contributed by atoms with van der Waals surface area (Å²) in [5.41, 5.74) is 0. The van der Waals surface area contributed by atoms with Gasteiger partial charge in [0.05, 0.1) is 7.11 Å². The molecule has 0 aliphatic carbocycles. The van der Waals surface area contributed by atoms with Crippen molar-refractivity contribution in [2.24, 2.45) is 0 Å². The number of hydrogen-bond acceptors (Lipinski definition) is 2. The number of aromatic hydroxyl groups is 1. The quantitative estimate of drug-likeness (QED) is 0.667. The van der Waals surface area contributed by atoms with Gasteiger partial charge in [-0.15, -0.1) is 0 Å². The molecule has 64 valence electrons. The van der Waals surface area contributed by atoms with Gasteiger partial charge in [0.25, 0.3) is 0 Å². The zero-order valence-corrected chi connectivity index (χ0v) is 5.66. The first-order chi connectivity index (χ1) is 4.34. The first-order valence-corrected chi connectivity index (χ1v) is 2.66. The SMILES string of the molecule is C.COc1ccccc1O.O. The second-order valence-corrected chi connectivity index (χ2v) is 1.67. The van der Waals surface area contributed by atoms with E-state index in [0.29, 0.717) is 5.75 Å². The average Bonchev–Trinajstić information content (AvgIpc) is 1.89. The molecule has 0 saturated carbocycles. The molecule has 0 radical (unpaired) electrons. The molecule has 0 bridgehead atoms. The van der Waals surface area contributed by atoms with E-state index in [1.165, 1.54) is 7.11 Å². The van der Waals surface area contributed by atoms with E-state index in [-0.39, 0.29) is 18.7 Å². The molecule has 3 N–H and O–H groups in total. The molecular formula is C8H14O3.